The van der Waals surface area contributed by atoms with Crippen LogP contribution in [0.15, 0.2) is 47.4 Å². The van der Waals surface area contributed by atoms with Crippen LogP contribution in [0, 0.1) is 0 Å². The molecule has 2 amide bonds. The minimum Gasteiger partial charge on any atom is -0.508 e. The number of thioether (sulfide) groups is 1. The first-order chi connectivity index (χ1) is 12.0. The number of phenolic OH excluding ortho intramolecular Hbond substituents is 1. The van der Waals surface area contributed by atoms with Gasteiger partial charge in [0.2, 0.25) is 0 Å². The molecule has 3 rings (SSSR count). The van der Waals surface area contributed by atoms with Crippen LogP contribution in [0.1, 0.15) is 5.56 Å². The van der Waals surface area contributed by atoms with Crippen molar-refractivity contribution in [1.29, 1.82) is 0 Å². The molecular formula is C18H15NO5S. The van der Waals surface area contributed by atoms with Crippen LogP contribution in [0.2, 0.25) is 0 Å². The smallest absolute Gasteiger partial charge is 0.298 e. The van der Waals surface area contributed by atoms with E-state index in [2.05, 4.69) is 0 Å². The predicted molar refractivity (Wildman–Crippen MR) is 96.1 cm³/mol. The average Bonchev–Trinajstić information content (AvgIpc) is 2.88. The second kappa shape index (κ2) is 6.90. The van der Waals surface area contributed by atoms with E-state index in [1.54, 1.807) is 43.5 Å². The Bertz CT molecular complexity index is 878. The van der Waals surface area contributed by atoms with Gasteiger partial charge in [0.05, 0.1) is 24.8 Å². The first kappa shape index (κ1) is 16.9. The second-order valence-electron chi connectivity index (χ2n) is 5.14. The summed E-state index contributed by atoms with van der Waals surface area (Å²) >= 11 is 0.831. The third kappa shape index (κ3) is 3.32. The molecule has 1 saturated heterocycles. The van der Waals surface area contributed by atoms with Crippen molar-refractivity contribution in [2.45, 2.75) is 0 Å². The van der Waals surface area contributed by atoms with Gasteiger partial charge in [0.1, 0.15) is 17.2 Å². The van der Waals surface area contributed by atoms with E-state index in [9.17, 15) is 14.7 Å². The Kier molecular flexibility index (Phi) is 4.67. The molecule has 1 N–H and O–H groups in total. The number of nitrogens with zero attached hydrogens (tertiary/aromatic N) is 1. The quantitative estimate of drug-likeness (QED) is 0.842. The number of carbonyl (C=O) groups is 2. The Morgan fingerprint density at radius 1 is 1.08 bits per heavy atom. The number of methoxy groups -OCH3 is 2. The van der Waals surface area contributed by atoms with Crippen LogP contribution in [0.5, 0.6) is 17.2 Å². The molecule has 0 atom stereocenters. The van der Waals surface area contributed by atoms with Crippen molar-refractivity contribution in [2.75, 3.05) is 19.1 Å². The molecule has 128 valence electrons. The van der Waals surface area contributed by atoms with Crippen molar-refractivity contribution in [3.8, 4) is 17.2 Å². The number of benzene rings is 2. The summed E-state index contributed by atoms with van der Waals surface area (Å²) in [4.78, 5) is 26.2. The van der Waals surface area contributed by atoms with Gasteiger partial charge >= 0.3 is 0 Å². The highest BCUT2D eigenvalue weighted by molar-refractivity contribution is 8.19. The summed E-state index contributed by atoms with van der Waals surface area (Å²) in [7, 11) is 3.07. The number of phenols is 1. The Labute approximate surface area is 148 Å². The van der Waals surface area contributed by atoms with Crippen molar-refractivity contribution in [3.63, 3.8) is 0 Å². The molecule has 25 heavy (non-hydrogen) atoms. The molecule has 1 aliphatic heterocycles. The number of hydrogen-bond acceptors (Lipinski definition) is 6. The lowest BCUT2D eigenvalue weighted by Crippen LogP contribution is -2.27. The molecule has 6 nitrogen and oxygen atoms in total. The van der Waals surface area contributed by atoms with E-state index in [1.807, 2.05) is 0 Å². The number of amides is 2. The fraction of sp³-hybridized carbons (Fsp3) is 0.111. The van der Waals surface area contributed by atoms with E-state index in [0.717, 1.165) is 16.7 Å². The van der Waals surface area contributed by atoms with Gasteiger partial charge < -0.3 is 14.6 Å². The SMILES string of the molecule is COc1ccc(OC)c(C=C2SC(=O)N(c3cccc(O)c3)C2=O)c1. The lowest BCUT2D eigenvalue weighted by Gasteiger charge is -2.12. The number of carbonyl (C=O) groups excluding carboxylic acids is 2. The van der Waals surface area contributed by atoms with Crippen molar-refractivity contribution in [1.82, 2.24) is 0 Å². The summed E-state index contributed by atoms with van der Waals surface area (Å²) in [6.45, 7) is 0. The summed E-state index contributed by atoms with van der Waals surface area (Å²) < 4.78 is 10.5. The molecule has 2 aromatic carbocycles. The van der Waals surface area contributed by atoms with Crippen LogP contribution in [0.4, 0.5) is 10.5 Å². The summed E-state index contributed by atoms with van der Waals surface area (Å²) in [5, 5.41) is 9.14. The highest BCUT2D eigenvalue weighted by atomic mass is 32.2. The number of aromatic hydroxyl groups is 1. The number of anilines is 1. The van der Waals surface area contributed by atoms with Crippen molar-refractivity contribution < 1.29 is 24.2 Å². The molecule has 1 fully saturated rings. The van der Waals surface area contributed by atoms with Gasteiger partial charge in [-0.05, 0) is 48.2 Å². The van der Waals surface area contributed by atoms with E-state index >= 15 is 0 Å². The Morgan fingerprint density at radius 3 is 2.56 bits per heavy atom. The molecule has 0 spiro atoms. The maximum absolute atomic E-state index is 12.6. The zero-order valence-electron chi connectivity index (χ0n) is 13.6. The van der Waals surface area contributed by atoms with Crippen LogP contribution in [-0.4, -0.2) is 30.5 Å². The first-order valence-electron chi connectivity index (χ1n) is 7.32. The van der Waals surface area contributed by atoms with Gasteiger partial charge in [0.25, 0.3) is 11.1 Å². The highest BCUT2D eigenvalue weighted by Gasteiger charge is 2.36. The molecule has 0 aliphatic carbocycles. The fourth-order valence-corrected chi connectivity index (χ4v) is 3.25. The first-order valence-corrected chi connectivity index (χ1v) is 8.14. The molecule has 1 heterocycles. The molecule has 0 bridgehead atoms. The highest BCUT2D eigenvalue weighted by Crippen LogP contribution is 2.38. The van der Waals surface area contributed by atoms with Crippen molar-refractivity contribution >= 4 is 34.7 Å². The standard InChI is InChI=1S/C18H15NO5S/c1-23-14-6-7-15(24-2)11(8-14)9-16-17(21)19(18(22)25-16)12-4-3-5-13(20)10-12/h3-10,20H,1-2H3. The zero-order valence-corrected chi connectivity index (χ0v) is 14.4. The summed E-state index contributed by atoms with van der Waals surface area (Å²) in [6.07, 6.45) is 1.59. The topological polar surface area (TPSA) is 76.1 Å². The van der Waals surface area contributed by atoms with E-state index in [1.165, 1.54) is 19.2 Å². The Hall–Kier alpha value is -2.93. The maximum Gasteiger partial charge on any atom is 0.298 e. The number of ether oxygens (including phenoxy) is 2. The predicted octanol–water partition coefficient (Wildman–Crippen LogP) is 3.65. The lowest BCUT2D eigenvalue weighted by atomic mass is 10.1. The second-order valence-corrected chi connectivity index (χ2v) is 6.14. The monoisotopic (exact) mass is 357 g/mol. The summed E-state index contributed by atoms with van der Waals surface area (Å²) in [5.41, 5.74) is 0.951. The van der Waals surface area contributed by atoms with E-state index < -0.39 is 11.1 Å². The molecule has 0 aromatic heterocycles. The zero-order chi connectivity index (χ0) is 18.0. The average molecular weight is 357 g/mol. The molecule has 1 aliphatic rings. The number of hydrogen-bond donors (Lipinski definition) is 1. The Balaban J connectivity index is 1.98. The van der Waals surface area contributed by atoms with Gasteiger partial charge in [0.15, 0.2) is 0 Å². The van der Waals surface area contributed by atoms with Crippen LogP contribution in [0.3, 0.4) is 0 Å². The Morgan fingerprint density at radius 2 is 1.88 bits per heavy atom. The summed E-state index contributed by atoms with van der Waals surface area (Å²) in [5.74, 6) is 0.699. The van der Waals surface area contributed by atoms with Crippen LogP contribution >= 0.6 is 11.8 Å². The van der Waals surface area contributed by atoms with Gasteiger partial charge in [-0.1, -0.05) is 6.07 Å². The molecule has 0 radical (unpaired) electrons. The third-order valence-electron chi connectivity index (χ3n) is 3.61. The third-order valence-corrected chi connectivity index (χ3v) is 4.47. The van der Waals surface area contributed by atoms with Crippen molar-refractivity contribution in [3.05, 3.63) is 52.9 Å². The number of rotatable bonds is 4. The van der Waals surface area contributed by atoms with Gasteiger partial charge in [-0.3, -0.25) is 9.59 Å². The minimum atomic E-state index is -0.453. The van der Waals surface area contributed by atoms with Gasteiger partial charge in [0, 0.05) is 11.6 Å². The van der Waals surface area contributed by atoms with E-state index in [4.69, 9.17) is 9.47 Å². The van der Waals surface area contributed by atoms with Gasteiger partial charge in [-0.25, -0.2) is 4.90 Å². The molecule has 2 aromatic rings. The minimum absolute atomic E-state index is 0.0185. The van der Waals surface area contributed by atoms with Crippen LogP contribution in [0.25, 0.3) is 6.08 Å². The fourth-order valence-electron chi connectivity index (χ4n) is 2.42. The molecular weight excluding hydrogens is 342 g/mol. The largest absolute Gasteiger partial charge is 0.508 e. The van der Waals surface area contributed by atoms with Crippen molar-refractivity contribution in [2.24, 2.45) is 0 Å². The van der Waals surface area contributed by atoms with Gasteiger partial charge in [-0.2, -0.15) is 0 Å². The normalized spacial score (nSPS) is 15.8. The van der Waals surface area contributed by atoms with E-state index in [-0.39, 0.29) is 10.7 Å². The lowest BCUT2D eigenvalue weighted by molar-refractivity contribution is -0.113. The molecule has 0 saturated carbocycles. The maximum atomic E-state index is 12.6. The van der Waals surface area contributed by atoms with Gasteiger partial charge in [-0.15, -0.1) is 0 Å². The molecule has 7 heteroatoms. The molecule has 0 unspecified atom stereocenters. The van der Waals surface area contributed by atoms with Crippen LogP contribution < -0.4 is 14.4 Å². The van der Waals surface area contributed by atoms with Crippen LogP contribution in [-0.2, 0) is 4.79 Å². The summed E-state index contributed by atoms with van der Waals surface area (Å²) in [6, 6.07) is 11.2. The van der Waals surface area contributed by atoms with E-state index in [0.29, 0.717) is 22.7 Å². The number of imide groups is 1.